The summed E-state index contributed by atoms with van der Waals surface area (Å²) in [6.45, 7) is 5.95. The smallest absolute Gasteiger partial charge is 0.254 e. The molecule has 1 N–H and O–H groups in total. The first-order chi connectivity index (χ1) is 15.8. The van der Waals surface area contributed by atoms with Crippen molar-refractivity contribution in [3.05, 3.63) is 78.0 Å². The Morgan fingerprint density at radius 3 is 2.42 bits per heavy atom. The van der Waals surface area contributed by atoms with E-state index >= 15 is 0 Å². The molecule has 7 heteroatoms. The lowest BCUT2D eigenvalue weighted by molar-refractivity contribution is -0.116. The molecule has 7 nitrogen and oxygen atoms in total. The van der Waals surface area contributed by atoms with E-state index in [9.17, 15) is 9.59 Å². The van der Waals surface area contributed by atoms with Gasteiger partial charge in [0.25, 0.3) is 5.91 Å². The molecule has 2 amide bonds. The van der Waals surface area contributed by atoms with Gasteiger partial charge in [-0.1, -0.05) is 48.0 Å². The summed E-state index contributed by atoms with van der Waals surface area (Å²) in [4.78, 5) is 32.2. The van der Waals surface area contributed by atoms with Crippen LogP contribution in [0.5, 0.6) is 0 Å². The van der Waals surface area contributed by atoms with E-state index in [1.54, 1.807) is 19.3 Å². The number of aryl methyl sites for hydroxylation is 1. The Bertz CT molecular complexity index is 1290. The van der Waals surface area contributed by atoms with E-state index in [0.29, 0.717) is 28.0 Å². The van der Waals surface area contributed by atoms with Gasteiger partial charge >= 0.3 is 0 Å². The average molecular weight is 442 g/mol. The number of amides is 2. The topological polar surface area (TPSA) is 80.1 Å². The minimum Gasteiger partial charge on any atom is -0.332 e. The summed E-state index contributed by atoms with van der Waals surface area (Å²) in [5.41, 5.74) is 4.51. The third kappa shape index (κ3) is 4.77. The van der Waals surface area contributed by atoms with Crippen molar-refractivity contribution in [2.75, 3.05) is 18.9 Å². The van der Waals surface area contributed by atoms with E-state index in [4.69, 9.17) is 4.98 Å². The molecule has 0 aliphatic heterocycles. The highest BCUT2D eigenvalue weighted by atomic mass is 16.2. The molecule has 33 heavy (non-hydrogen) atoms. The van der Waals surface area contributed by atoms with E-state index < -0.39 is 0 Å². The molecule has 4 aromatic rings. The second-order valence-electron chi connectivity index (χ2n) is 8.42. The number of carbonyl (C=O) groups excluding carboxylic acids is 2. The molecule has 2 heterocycles. The van der Waals surface area contributed by atoms with Gasteiger partial charge in [0.15, 0.2) is 5.65 Å². The predicted octanol–water partition coefficient (Wildman–Crippen LogP) is 4.70. The van der Waals surface area contributed by atoms with Crippen LogP contribution in [-0.2, 0) is 4.79 Å². The molecule has 168 valence electrons. The minimum atomic E-state index is -0.263. The molecule has 0 saturated heterocycles. The number of hydrogen-bond acceptors (Lipinski definition) is 4. The normalized spacial score (nSPS) is 11.1. The van der Waals surface area contributed by atoms with Gasteiger partial charge in [-0.15, -0.1) is 0 Å². The number of aromatic nitrogens is 3. The Morgan fingerprint density at radius 1 is 1.06 bits per heavy atom. The monoisotopic (exact) mass is 441 g/mol. The van der Waals surface area contributed by atoms with E-state index in [0.717, 1.165) is 11.1 Å². The fourth-order valence-electron chi connectivity index (χ4n) is 3.66. The summed E-state index contributed by atoms with van der Waals surface area (Å²) < 4.78 is 1.81. The van der Waals surface area contributed by atoms with Crippen LogP contribution in [-0.4, -0.2) is 45.1 Å². The maximum absolute atomic E-state index is 13.4. The molecule has 2 aromatic carbocycles. The lowest BCUT2D eigenvalue weighted by Crippen LogP contribution is -2.35. The summed E-state index contributed by atoms with van der Waals surface area (Å²) in [6.07, 6.45) is 1.67. The zero-order valence-electron chi connectivity index (χ0n) is 19.2. The zero-order chi connectivity index (χ0) is 23.5. The third-order valence-corrected chi connectivity index (χ3v) is 5.42. The van der Waals surface area contributed by atoms with Gasteiger partial charge in [0, 0.05) is 24.3 Å². The van der Waals surface area contributed by atoms with Gasteiger partial charge in [-0.2, -0.15) is 5.10 Å². The molecule has 0 atom stereocenters. The molecule has 4 rings (SSSR count). The number of anilines is 1. The van der Waals surface area contributed by atoms with E-state index in [2.05, 4.69) is 10.4 Å². The first kappa shape index (κ1) is 22.2. The standard InChI is InChI=1S/C26H27N5O2/c1-17(2)31-25-22(15-27-31)21(14-23(29-25)19-8-6-5-7-9-19)26(33)30(4)16-24(32)28-20-12-10-18(3)11-13-20/h5-15,17H,16H2,1-4H3,(H,28,32). The molecule has 0 bridgehead atoms. The van der Waals surface area contributed by atoms with Crippen LogP contribution in [0.1, 0.15) is 35.8 Å². The largest absolute Gasteiger partial charge is 0.332 e. The van der Waals surface area contributed by atoms with Crippen LogP contribution < -0.4 is 5.32 Å². The Labute approximate surface area is 193 Å². The maximum Gasteiger partial charge on any atom is 0.254 e. The third-order valence-electron chi connectivity index (χ3n) is 5.42. The summed E-state index contributed by atoms with van der Waals surface area (Å²) in [7, 11) is 1.62. The molecule has 0 radical (unpaired) electrons. The van der Waals surface area contributed by atoms with Crippen molar-refractivity contribution >= 4 is 28.5 Å². The highest BCUT2D eigenvalue weighted by Gasteiger charge is 2.22. The number of nitrogens with one attached hydrogen (secondary N) is 1. The van der Waals surface area contributed by atoms with Crippen molar-refractivity contribution in [1.29, 1.82) is 0 Å². The predicted molar refractivity (Wildman–Crippen MR) is 130 cm³/mol. The Kier molecular flexibility index (Phi) is 6.22. The summed E-state index contributed by atoms with van der Waals surface area (Å²) >= 11 is 0. The van der Waals surface area contributed by atoms with Crippen LogP contribution in [0.25, 0.3) is 22.3 Å². The van der Waals surface area contributed by atoms with E-state index in [-0.39, 0.29) is 24.4 Å². The van der Waals surface area contributed by atoms with Crippen LogP contribution in [0, 0.1) is 6.92 Å². The number of fused-ring (bicyclic) bond motifs is 1. The first-order valence-electron chi connectivity index (χ1n) is 10.9. The Morgan fingerprint density at radius 2 is 1.76 bits per heavy atom. The van der Waals surface area contributed by atoms with Crippen LogP contribution in [0.2, 0.25) is 0 Å². The molecule has 0 aliphatic carbocycles. The molecular weight excluding hydrogens is 414 g/mol. The van der Waals surface area contributed by atoms with Crippen molar-refractivity contribution in [2.45, 2.75) is 26.8 Å². The quantitative estimate of drug-likeness (QED) is 0.470. The zero-order valence-corrected chi connectivity index (χ0v) is 19.2. The molecule has 0 unspecified atom stereocenters. The van der Waals surface area contributed by atoms with E-state index in [1.165, 1.54) is 4.90 Å². The van der Waals surface area contributed by atoms with Crippen molar-refractivity contribution in [1.82, 2.24) is 19.7 Å². The minimum absolute atomic E-state index is 0.0739. The van der Waals surface area contributed by atoms with Crippen molar-refractivity contribution in [2.24, 2.45) is 0 Å². The van der Waals surface area contributed by atoms with E-state index in [1.807, 2.05) is 80.1 Å². The van der Waals surface area contributed by atoms with Gasteiger partial charge in [-0.05, 0) is 39.0 Å². The highest BCUT2D eigenvalue weighted by Crippen LogP contribution is 2.27. The molecule has 0 fully saturated rings. The summed E-state index contributed by atoms with van der Waals surface area (Å²) in [5, 5.41) is 7.96. The maximum atomic E-state index is 13.4. The summed E-state index contributed by atoms with van der Waals surface area (Å²) in [5.74, 6) is -0.525. The average Bonchev–Trinajstić information content (AvgIpc) is 3.24. The molecule has 0 spiro atoms. The fourth-order valence-corrected chi connectivity index (χ4v) is 3.66. The van der Waals surface area contributed by atoms with Crippen molar-refractivity contribution in [3.8, 4) is 11.3 Å². The second kappa shape index (κ2) is 9.24. The lowest BCUT2D eigenvalue weighted by Gasteiger charge is -2.18. The van der Waals surface area contributed by atoms with Gasteiger partial charge in [-0.3, -0.25) is 9.59 Å². The van der Waals surface area contributed by atoms with Gasteiger partial charge in [0.1, 0.15) is 0 Å². The second-order valence-corrected chi connectivity index (χ2v) is 8.42. The number of rotatable bonds is 6. The van der Waals surface area contributed by atoms with Gasteiger partial charge in [0.05, 0.1) is 29.4 Å². The molecule has 0 saturated carbocycles. The lowest BCUT2D eigenvalue weighted by atomic mass is 10.1. The SMILES string of the molecule is Cc1ccc(NC(=O)CN(C)C(=O)c2cc(-c3ccccc3)nc3c2cnn3C(C)C)cc1. The number of likely N-dealkylation sites (N-methyl/N-ethyl adjacent to an activating group) is 1. The van der Waals surface area contributed by atoms with Crippen LogP contribution in [0.15, 0.2) is 66.9 Å². The number of nitrogens with zero attached hydrogens (tertiary/aromatic N) is 4. The Balaban J connectivity index is 1.65. The molecular formula is C26H27N5O2. The van der Waals surface area contributed by atoms with Crippen LogP contribution in [0.3, 0.4) is 0 Å². The van der Waals surface area contributed by atoms with Gasteiger partial charge < -0.3 is 10.2 Å². The highest BCUT2D eigenvalue weighted by molar-refractivity contribution is 6.07. The molecule has 0 aliphatic rings. The number of hydrogen-bond donors (Lipinski definition) is 1. The Hall–Kier alpha value is -4.00. The summed E-state index contributed by atoms with van der Waals surface area (Å²) in [6, 6.07) is 19.1. The number of carbonyl (C=O) groups is 2. The first-order valence-corrected chi connectivity index (χ1v) is 10.9. The van der Waals surface area contributed by atoms with Crippen LogP contribution in [0.4, 0.5) is 5.69 Å². The fraction of sp³-hybridized carbons (Fsp3) is 0.231. The van der Waals surface area contributed by atoms with Crippen molar-refractivity contribution in [3.63, 3.8) is 0 Å². The number of pyridine rings is 1. The van der Waals surface area contributed by atoms with Gasteiger partial charge in [-0.25, -0.2) is 9.67 Å². The molecule has 2 aromatic heterocycles. The van der Waals surface area contributed by atoms with Crippen molar-refractivity contribution < 1.29 is 9.59 Å². The number of benzene rings is 2. The van der Waals surface area contributed by atoms with Gasteiger partial charge in [0.2, 0.25) is 5.91 Å². The van der Waals surface area contributed by atoms with Crippen LogP contribution >= 0.6 is 0 Å².